The molecule has 88 valence electrons. The molecule has 1 saturated heterocycles. The Bertz CT molecular complexity index is 217. The standard InChI is InChI=1S/C11H22N2O2/c1-4-13(5-2)7-9-6-12(3)8-10(9)11(14)15/h9-10H,4-8H2,1-3H3,(H,14,15). The highest BCUT2D eigenvalue weighted by atomic mass is 16.4. The maximum atomic E-state index is 11.1. The van der Waals surface area contributed by atoms with E-state index in [4.69, 9.17) is 5.11 Å². The molecular formula is C11H22N2O2. The van der Waals surface area contributed by atoms with Crippen LogP contribution in [0.3, 0.4) is 0 Å². The van der Waals surface area contributed by atoms with Crippen LogP contribution >= 0.6 is 0 Å². The lowest BCUT2D eigenvalue weighted by molar-refractivity contribution is -0.142. The van der Waals surface area contributed by atoms with Crippen molar-refractivity contribution in [2.24, 2.45) is 11.8 Å². The third-order valence-electron chi connectivity index (χ3n) is 3.33. The fourth-order valence-corrected chi connectivity index (χ4v) is 2.37. The van der Waals surface area contributed by atoms with Crippen molar-refractivity contribution >= 4 is 5.97 Å². The van der Waals surface area contributed by atoms with Gasteiger partial charge in [-0.1, -0.05) is 13.8 Å². The van der Waals surface area contributed by atoms with Crippen molar-refractivity contribution in [2.75, 3.05) is 39.8 Å². The van der Waals surface area contributed by atoms with Gasteiger partial charge in [0.1, 0.15) is 0 Å². The molecule has 4 nitrogen and oxygen atoms in total. The highest BCUT2D eigenvalue weighted by Crippen LogP contribution is 2.23. The normalized spacial score (nSPS) is 27.5. The van der Waals surface area contributed by atoms with E-state index in [1.54, 1.807) is 0 Å². The summed E-state index contributed by atoms with van der Waals surface area (Å²) in [6.45, 7) is 8.77. The fourth-order valence-electron chi connectivity index (χ4n) is 2.37. The van der Waals surface area contributed by atoms with Gasteiger partial charge in [-0.05, 0) is 26.1 Å². The Morgan fingerprint density at radius 1 is 1.40 bits per heavy atom. The molecule has 1 N–H and O–H groups in total. The molecule has 0 radical (unpaired) electrons. The fraction of sp³-hybridized carbons (Fsp3) is 0.909. The van der Waals surface area contributed by atoms with Crippen molar-refractivity contribution in [3.8, 4) is 0 Å². The Morgan fingerprint density at radius 3 is 2.47 bits per heavy atom. The van der Waals surface area contributed by atoms with E-state index in [2.05, 4.69) is 23.6 Å². The summed E-state index contributed by atoms with van der Waals surface area (Å²) >= 11 is 0. The van der Waals surface area contributed by atoms with E-state index in [1.807, 2.05) is 7.05 Å². The zero-order valence-electron chi connectivity index (χ0n) is 9.94. The van der Waals surface area contributed by atoms with Gasteiger partial charge in [0.15, 0.2) is 0 Å². The summed E-state index contributed by atoms with van der Waals surface area (Å²) in [7, 11) is 2.00. The van der Waals surface area contributed by atoms with Gasteiger partial charge in [0.05, 0.1) is 5.92 Å². The first kappa shape index (κ1) is 12.5. The minimum absolute atomic E-state index is 0.185. The minimum Gasteiger partial charge on any atom is -0.481 e. The van der Waals surface area contributed by atoms with Crippen LogP contribution in [-0.2, 0) is 4.79 Å². The van der Waals surface area contributed by atoms with Gasteiger partial charge in [-0.2, -0.15) is 0 Å². The van der Waals surface area contributed by atoms with E-state index in [0.717, 1.165) is 26.2 Å². The topological polar surface area (TPSA) is 43.8 Å². The van der Waals surface area contributed by atoms with Gasteiger partial charge in [-0.15, -0.1) is 0 Å². The largest absolute Gasteiger partial charge is 0.481 e. The van der Waals surface area contributed by atoms with Crippen LogP contribution in [0.1, 0.15) is 13.8 Å². The molecule has 4 heteroatoms. The third-order valence-corrected chi connectivity index (χ3v) is 3.33. The Kier molecular flexibility index (Phi) is 4.54. The van der Waals surface area contributed by atoms with Crippen LogP contribution in [0.5, 0.6) is 0 Å². The monoisotopic (exact) mass is 214 g/mol. The second-order valence-corrected chi connectivity index (χ2v) is 4.41. The number of rotatable bonds is 5. The van der Waals surface area contributed by atoms with Crippen LogP contribution < -0.4 is 0 Å². The number of carbonyl (C=O) groups is 1. The summed E-state index contributed by atoms with van der Waals surface area (Å²) < 4.78 is 0. The molecule has 0 aromatic rings. The maximum Gasteiger partial charge on any atom is 0.308 e. The number of nitrogens with zero attached hydrogens (tertiary/aromatic N) is 2. The Balaban J connectivity index is 2.55. The van der Waals surface area contributed by atoms with Crippen molar-refractivity contribution in [3.05, 3.63) is 0 Å². The van der Waals surface area contributed by atoms with E-state index < -0.39 is 5.97 Å². The number of hydrogen-bond acceptors (Lipinski definition) is 3. The lowest BCUT2D eigenvalue weighted by Gasteiger charge is -2.24. The smallest absolute Gasteiger partial charge is 0.308 e. The number of carboxylic acids is 1. The zero-order chi connectivity index (χ0) is 11.4. The van der Waals surface area contributed by atoms with Gasteiger partial charge >= 0.3 is 5.97 Å². The zero-order valence-corrected chi connectivity index (χ0v) is 9.94. The van der Waals surface area contributed by atoms with Crippen LogP contribution in [0, 0.1) is 11.8 Å². The Morgan fingerprint density at radius 2 is 2.00 bits per heavy atom. The number of carboxylic acid groups (broad SMARTS) is 1. The van der Waals surface area contributed by atoms with E-state index in [0.29, 0.717) is 6.54 Å². The molecule has 0 saturated carbocycles. The molecule has 1 aliphatic heterocycles. The van der Waals surface area contributed by atoms with E-state index in [-0.39, 0.29) is 11.8 Å². The predicted molar refractivity (Wildman–Crippen MR) is 59.9 cm³/mol. The molecule has 1 fully saturated rings. The first-order chi connectivity index (χ1) is 7.08. The summed E-state index contributed by atoms with van der Waals surface area (Å²) in [4.78, 5) is 15.5. The molecule has 2 atom stereocenters. The summed E-state index contributed by atoms with van der Waals surface area (Å²) in [6, 6.07) is 0. The lowest BCUT2D eigenvalue weighted by atomic mass is 9.95. The van der Waals surface area contributed by atoms with Crippen LogP contribution in [0.4, 0.5) is 0 Å². The van der Waals surface area contributed by atoms with Gasteiger partial charge in [-0.25, -0.2) is 0 Å². The molecular weight excluding hydrogens is 192 g/mol. The van der Waals surface area contributed by atoms with Gasteiger partial charge in [-0.3, -0.25) is 4.79 Å². The number of aliphatic carboxylic acids is 1. The van der Waals surface area contributed by atoms with Gasteiger partial charge in [0.2, 0.25) is 0 Å². The van der Waals surface area contributed by atoms with Gasteiger partial charge in [0.25, 0.3) is 0 Å². The van der Waals surface area contributed by atoms with Gasteiger partial charge in [0, 0.05) is 19.6 Å². The highest BCUT2D eigenvalue weighted by molar-refractivity contribution is 5.71. The Labute approximate surface area is 91.9 Å². The maximum absolute atomic E-state index is 11.1. The van der Waals surface area contributed by atoms with Crippen molar-refractivity contribution in [3.63, 3.8) is 0 Å². The SMILES string of the molecule is CCN(CC)CC1CN(C)CC1C(=O)O. The third kappa shape index (κ3) is 3.18. The molecule has 0 spiro atoms. The molecule has 0 aromatic carbocycles. The number of likely N-dealkylation sites (tertiary alicyclic amines) is 1. The van der Waals surface area contributed by atoms with E-state index >= 15 is 0 Å². The first-order valence-electron chi connectivity index (χ1n) is 5.72. The molecule has 2 unspecified atom stereocenters. The molecule has 15 heavy (non-hydrogen) atoms. The molecule has 1 aliphatic rings. The van der Waals surface area contributed by atoms with Crippen LogP contribution in [0.15, 0.2) is 0 Å². The molecule has 0 amide bonds. The predicted octanol–water partition coefficient (Wildman–Crippen LogP) is 0.591. The van der Waals surface area contributed by atoms with Crippen molar-refractivity contribution in [1.82, 2.24) is 9.80 Å². The second-order valence-electron chi connectivity index (χ2n) is 4.41. The molecule has 1 heterocycles. The quantitative estimate of drug-likeness (QED) is 0.727. The summed E-state index contributed by atoms with van der Waals surface area (Å²) in [5.74, 6) is -0.542. The lowest BCUT2D eigenvalue weighted by Crippen LogP contribution is -2.34. The number of hydrogen-bond donors (Lipinski definition) is 1. The van der Waals surface area contributed by atoms with Gasteiger partial charge < -0.3 is 14.9 Å². The molecule has 1 rings (SSSR count). The summed E-state index contributed by atoms with van der Waals surface area (Å²) in [5, 5.41) is 9.11. The van der Waals surface area contributed by atoms with Crippen LogP contribution in [0.2, 0.25) is 0 Å². The molecule has 0 aromatic heterocycles. The van der Waals surface area contributed by atoms with E-state index in [9.17, 15) is 4.79 Å². The van der Waals surface area contributed by atoms with Crippen molar-refractivity contribution in [1.29, 1.82) is 0 Å². The highest BCUT2D eigenvalue weighted by Gasteiger charge is 2.36. The second kappa shape index (κ2) is 5.47. The first-order valence-corrected chi connectivity index (χ1v) is 5.72. The molecule has 0 bridgehead atoms. The van der Waals surface area contributed by atoms with Crippen LogP contribution in [-0.4, -0.2) is 60.6 Å². The Hall–Kier alpha value is -0.610. The van der Waals surface area contributed by atoms with E-state index in [1.165, 1.54) is 0 Å². The summed E-state index contributed by atoms with van der Waals surface area (Å²) in [5.41, 5.74) is 0. The van der Waals surface area contributed by atoms with Crippen molar-refractivity contribution < 1.29 is 9.90 Å². The van der Waals surface area contributed by atoms with Crippen LogP contribution in [0.25, 0.3) is 0 Å². The van der Waals surface area contributed by atoms with Crippen molar-refractivity contribution in [2.45, 2.75) is 13.8 Å². The average Bonchev–Trinajstić information content (AvgIpc) is 2.56. The summed E-state index contributed by atoms with van der Waals surface area (Å²) in [6.07, 6.45) is 0. The average molecular weight is 214 g/mol. The minimum atomic E-state index is -0.642. The molecule has 0 aliphatic carbocycles.